The lowest BCUT2D eigenvalue weighted by atomic mass is 10.1. The van der Waals surface area contributed by atoms with E-state index in [0.29, 0.717) is 0 Å². The zero-order valence-electron chi connectivity index (χ0n) is 15.7. The Morgan fingerprint density at radius 2 is 1.16 bits per heavy atom. The molecule has 0 saturated heterocycles. The van der Waals surface area contributed by atoms with Crippen molar-refractivity contribution in [2.24, 2.45) is 5.14 Å². The summed E-state index contributed by atoms with van der Waals surface area (Å²) < 4.78 is 50.2. The van der Waals surface area contributed by atoms with E-state index in [4.69, 9.17) is 5.14 Å². The molecule has 1 heterocycles. The fourth-order valence-corrected chi connectivity index (χ4v) is 4.70. The van der Waals surface area contributed by atoms with Gasteiger partial charge in [-0.25, -0.2) is 26.9 Å². The lowest BCUT2D eigenvalue weighted by molar-refractivity contribution is 0.0926. The zero-order valence-corrected chi connectivity index (χ0v) is 17.4. The van der Waals surface area contributed by atoms with Gasteiger partial charge in [0.1, 0.15) is 0 Å². The maximum atomic E-state index is 12.6. The molecule has 0 bridgehead atoms. The number of fused-ring (bicyclic) bond motifs is 1. The van der Waals surface area contributed by atoms with Crippen LogP contribution in [0.25, 0.3) is 0 Å². The normalized spacial score (nSPS) is 13.9. The quantitative estimate of drug-likeness (QED) is 0.560. The molecule has 0 fully saturated rings. The maximum absolute atomic E-state index is 12.6. The Kier molecular flexibility index (Phi) is 4.88. The standard InChI is InChI=1S/C20H15N3O6S2/c21-30(26,27)15-9-5-13(6-10-15)22-31(28,29)16-11-7-14(8-12-16)23-19(24)17-3-1-2-4-18(17)20(23)25/h1-12,22H,(H2,21,26,27). The van der Waals surface area contributed by atoms with Crippen LogP contribution in [0.3, 0.4) is 0 Å². The summed E-state index contributed by atoms with van der Waals surface area (Å²) in [4.78, 5) is 25.8. The number of benzene rings is 3. The Hall–Kier alpha value is -3.54. The largest absolute Gasteiger partial charge is 0.280 e. The van der Waals surface area contributed by atoms with Crippen molar-refractivity contribution in [3.8, 4) is 0 Å². The smallest absolute Gasteiger partial charge is 0.266 e. The number of imide groups is 1. The summed E-state index contributed by atoms with van der Waals surface area (Å²) in [6.07, 6.45) is 0. The highest BCUT2D eigenvalue weighted by Crippen LogP contribution is 2.29. The van der Waals surface area contributed by atoms with Gasteiger partial charge in [0.25, 0.3) is 21.8 Å². The predicted molar refractivity (Wildman–Crippen MR) is 113 cm³/mol. The Labute approximate surface area is 178 Å². The van der Waals surface area contributed by atoms with E-state index in [-0.39, 0.29) is 32.3 Å². The minimum Gasteiger partial charge on any atom is -0.280 e. The molecule has 3 N–H and O–H groups in total. The second-order valence-electron chi connectivity index (χ2n) is 6.66. The highest BCUT2D eigenvalue weighted by molar-refractivity contribution is 7.92. The number of carbonyl (C=O) groups excluding carboxylic acids is 2. The molecule has 9 nitrogen and oxygen atoms in total. The fraction of sp³-hybridized carbons (Fsp3) is 0. The molecule has 4 rings (SSSR count). The highest BCUT2D eigenvalue weighted by Gasteiger charge is 2.36. The van der Waals surface area contributed by atoms with Crippen LogP contribution in [0.4, 0.5) is 11.4 Å². The maximum Gasteiger partial charge on any atom is 0.266 e. The van der Waals surface area contributed by atoms with Crippen molar-refractivity contribution < 1.29 is 26.4 Å². The third-order valence-electron chi connectivity index (χ3n) is 4.63. The minimum atomic E-state index is -4.00. The molecular formula is C20H15N3O6S2. The van der Waals surface area contributed by atoms with Gasteiger partial charge in [-0.3, -0.25) is 14.3 Å². The molecule has 0 spiro atoms. The van der Waals surface area contributed by atoms with Gasteiger partial charge >= 0.3 is 0 Å². The first-order valence-corrected chi connectivity index (χ1v) is 11.8. The SMILES string of the molecule is NS(=O)(=O)c1ccc(NS(=O)(=O)c2ccc(N3C(=O)c4ccccc4C3=O)cc2)cc1. The molecule has 11 heteroatoms. The number of sulfonamides is 2. The molecule has 0 unspecified atom stereocenters. The van der Waals surface area contributed by atoms with Crippen LogP contribution in [-0.2, 0) is 20.0 Å². The number of hydrogen-bond acceptors (Lipinski definition) is 6. The number of carbonyl (C=O) groups is 2. The van der Waals surface area contributed by atoms with E-state index in [1.807, 2.05) is 0 Å². The summed E-state index contributed by atoms with van der Waals surface area (Å²) in [5, 5.41) is 5.02. The monoisotopic (exact) mass is 457 g/mol. The summed E-state index contributed by atoms with van der Waals surface area (Å²) >= 11 is 0. The lowest BCUT2D eigenvalue weighted by Gasteiger charge is -2.15. The number of amides is 2. The molecule has 0 atom stereocenters. The molecule has 158 valence electrons. The average Bonchev–Trinajstić information content (AvgIpc) is 2.98. The minimum absolute atomic E-state index is 0.108. The molecular weight excluding hydrogens is 442 g/mol. The Morgan fingerprint density at radius 3 is 1.65 bits per heavy atom. The van der Waals surface area contributed by atoms with Crippen molar-refractivity contribution in [1.29, 1.82) is 0 Å². The number of anilines is 2. The van der Waals surface area contributed by atoms with Crippen molar-refractivity contribution in [2.45, 2.75) is 9.79 Å². The summed E-state index contributed by atoms with van der Waals surface area (Å²) in [6.45, 7) is 0. The molecule has 0 saturated carbocycles. The zero-order chi connectivity index (χ0) is 22.4. The number of nitrogens with zero attached hydrogens (tertiary/aromatic N) is 1. The van der Waals surface area contributed by atoms with Crippen LogP contribution in [0, 0.1) is 0 Å². The fourth-order valence-electron chi connectivity index (χ4n) is 3.12. The van der Waals surface area contributed by atoms with Gasteiger partial charge in [0, 0.05) is 5.69 Å². The van der Waals surface area contributed by atoms with Crippen molar-refractivity contribution in [1.82, 2.24) is 0 Å². The third-order valence-corrected chi connectivity index (χ3v) is 6.96. The predicted octanol–water partition coefficient (Wildman–Crippen LogP) is 1.94. The molecule has 31 heavy (non-hydrogen) atoms. The molecule has 0 aliphatic carbocycles. The van der Waals surface area contributed by atoms with Gasteiger partial charge in [0.05, 0.1) is 26.6 Å². The van der Waals surface area contributed by atoms with Gasteiger partial charge in [-0.2, -0.15) is 0 Å². The summed E-state index contributed by atoms with van der Waals surface area (Å²) in [5.41, 5.74) is 0.946. The summed E-state index contributed by atoms with van der Waals surface area (Å²) in [7, 11) is -7.90. The molecule has 0 aromatic heterocycles. The van der Waals surface area contributed by atoms with E-state index in [1.54, 1.807) is 24.3 Å². The van der Waals surface area contributed by atoms with E-state index in [2.05, 4.69) is 4.72 Å². The number of hydrogen-bond donors (Lipinski definition) is 2. The van der Waals surface area contributed by atoms with Crippen molar-refractivity contribution >= 4 is 43.2 Å². The van der Waals surface area contributed by atoms with Crippen LogP contribution in [-0.4, -0.2) is 28.6 Å². The van der Waals surface area contributed by atoms with E-state index < -0.39 is 31.9 Å². The van der Waals surface area contributed by atoms with Gasteiger partial charge in [-0.15, -0.1) is 0 Å². The first-order chi connectivity index (χ1) is 14.6. The van der Waals surface area contributed by atoms with Gasteiger partial charge in [0.2, 0.25) is 10.0 Å². The number of primary sulfonamides is 1. The Balaban J connectivity index is 1.57. The van der Waals surface area contributed by atoms with E-state index in [0.717, 1.165) is 4.90 Å². The molecule has 3 aromatic carbocycles. The van der Waals surface area contributed by atoms with E-state index in [1.165, 1.54) is 48.5 Å². The first kappa shape index (κ1) is 20.7. The topological polar surface area (TPSA) is 144 Å². The second kappa shape index (κ2) is 7.30. The summed E-state index contributed by atoms with van der Waals surface area (Å²) in [5.74, 6) is -0.964. The third kappa shape index (κ3) is 3.81. The van der Waals surface area contributed by atoms with Crippen LogP contribution in [0.1, 0.15) is 20.7 Å². The Morgan fingerprint density at radius 1 is 0.677 bits per heavy atom. The lowest BCUT2D eigenvalue weighted by Crippen LogP contribution is -2.29. The molecule has 0 radical (unpaired) electrons. The van der Waals surface area contributed by atoms with Crippen LogP contribution < -0.4 is 14.8 Å². The van der Waals surface area contributed by atoms with Gasteiger partial charge in [-0.05, 0) is 60.7 Å². The number of nitrogens with two attached hydrogens (primary N) is 1. The second-order valence-corrected chi connectivity index (χ2v) is 9.90. The molecule has 1 aliphatic rings. The molecule has 1 aliphatic heterocycles. The van der Waals surface area contributed by atoms with Crippen LogP contribution >= 0.6 is 0 Å². The van der Waals surface area contributed by atoms with Crippen molar-refractivity contribution in [3.63, 3.8) is 0 Å². The number of nitrogens with one attached hydrogen (secondary N) is 1. The van der Waals surface area contributed by atoms with E-state index >= 15 is 0 Å². The van der Waals surface area contributed by atoms with Crippen LogP contribution in [0.2, 0.25) is 0 Å². The average molecular weight is 457 g/mol. The van der Waals surface area contributed by atoms with Gasteiger partial charge in [0.15, 0.2) is 0 Å². The Bertz CT molecular complexity index is 1380. The number of rotatable bonds is 5. The van der Waals surface area contributed by atoms with Crippen LogP contribution in [0.5, 0.6) is 0 Å². The van der Waals surface area contributed by atoms with Gasteiger partial charge in [-0.1, -0.05) is 12.1 Å². The summed E-state index contributed by atoms with van der Waals surface area (Å²) in [6, 6.07) is 16.6. The van der Waals surface area contributed by atoms with E-state index in [9.17, 15) is 26.4 Å². The molecule has 2 amide bonds. The highest BCUT2D eigenvalue weighted by atomic mass is 32.2. The first-order valence-electron chi connectivity index (χ1n) is 8.81. The van der Waals surface area contributed by atoms with Crippen LogP contribution in [0.15, 0.2) is 82.6 Å². The van der Waals surface area contributed by atoms with Crippen molar-refractivity contribution in [3.05, 3.63) is 83.9 Å². The van der Waals surface area contributed by atoms with Crippen molar-refractivity contribution in [2.75, 3.05) is 9.62 Å². The van der Waals surface area contributed by atoms with Gasteiger partial charge < -0.3 is 0 Å². The molecule has 3 aromatic rings.